The third-order valence-corrected chi connectivity index (χ3v) is 2.88. The predicted molar refractivity (Wildman–Crippen MR) is 69.6 cm³/mol. The predicted octanol–water partition coefficient (Wildman–Crippen LogP) is 1.40. The number of aliphatic hydroxyl groups is 1. The quantitative estimate of drug-likeness (QED) is 0.874. The largest absolute Gasteiger partial charge is 0.445 e. The van der Waals surface area contributed by atoms with Crippen molar-refractivity contribution in [3.8, 4) is 0 Å². The number of likely N-dealkylation sites (tertiary alicyclic amines) is 1. The SMILES string of the molecule is CC(O)COC1CN(C(=O)OCc2ccccc2)C1. The molecule has 0 radical (unpaired) electrons. The first-order valence-electron chi connectivity index (χ1n) is 6.40. The van der Waals surface area contributed by atoms with Gasteiger partial charge in [0.25, 0.3) is 0 Å². The molecule has 2 rings (SSSR count). The van der Waals surface area contributed by atoms with Crippen LogP contribution in [-0.2, 0) is 16.1 Å². The van der Waals surface area contributed by atoms with Crippen molar-refractivity contribution >= 4 is 6.09 Å². The molecule has 1 atom stereocenters. The van der Waals surface area contributed by atoms with E-state index in [1.807, 2.05) is 30.3 Å². The van der Waals surface area contributed by atoms with Crippen LogP contribution in [0.2, 0.25) is 0 Å². The maximum atomic E-state index is 11.7. The third-order valence-electron chi connectivity index (χ3n) is 2.88. The zero-order valence-electron chi connectivity index (χ0n) is 11.0. The first kappa shape index (κ1) is 13.8. The van der Waals surface area contributed by atoms with E-state index in [9.17, 15) is 4.79 Å². The molecule has 0 saturated carbocycles. The molecule has 1 unspecified atom stereocenters. The average Bonchev–Trinajstić information content (AvgIpc) is 2.35. The Labute approximate surface area is 112 Å². The number of nitrogens with zero attached hydrogens (tertiary/aromatic N) is 1. The van der Waals surface area contributed by atoms with E-state index in [0.717, 1.165) is 5.56 Å². The van der Waals surface area contributed by atoms with E-state index in [0.29, 0.717) is 19.7 Å². The van der Waals surface area contributed by atoms with Crippen LogP contribution in [0.1, 0.15) is 12.5 Å². The lowest BCUT2D eigenvalue weighted by atomic mass is 10.2. The molecule has 19 heavy (non-hydrogen) atoms. The molecule has 0 spiro atoms. The fourth-order valence-corrected chi connectivity index (χ4v) is 1.78. The standard InChI is InChI=1S/C14H19NO4/c1-11(16)9-18-13-7-15(8-13)14(17)19-10-12-5-3-2-4-6-12/h2-6,11,13,16H,7-10H2,1H3. The van der Waals surface area contributed by atoms with Gasteiger partial charge in [-0.05, 0) is 12.5 Å². The van der Waals surface area contributed by atoms with Gasteiger partial charge in [0.2, 0.25) is 0 Å². The van der Waals surface area contributed by atoms with Crippen molar-refractivity contribution in [2.24, 2.45) is 0 Å². The van der Waals surface area contributed by atoms with Crippen molar-refractivity contribution in [1.29, 1.82) is 0 Å². The number of carbonyl (C=O) groups excluding carboxylic acids is 1. The highest BCUT2D eigenvalue weighted by Gasteiger charge is 2.32. The highest BCUT2D eigenvalue weighted by Crippen LogP contribution is 2.14. The maximum absolute atomic E-state index is 11.7. The molecule has 1 amide bonds. The zero-order chi connectivity index (χ0) is 13.7. The summed E-state index contributed by atoms with van der Waals surface area (Å²) in [6.45, 7) is 3.32. The number of ether oxygens (including phenoxy) is 2. The summed E-state index contributed by atoms with van der Waals surface area (Å²) >= 11 is 0. The van der Waals surface area contributed by atoms with Crippen molar-refractivity contribution in [3.63, 3.8) is 0 Å². The van der Waals surface area contributed by atoms with Crippen LogP contribution < -0.4 is 0 Å². The Morgan fingerprint density at radius 1 is 1.42 bits per heavy atom. The lowest BCUT2D eigenvalue weighted by molar-refractivity contribution is -0.0725. The van der Waals surface area contributed by atoms with Crippen LogP contribution in [0.5, 0.6) is 0 Å². The monoisotopic (exact) mass is 265 g/mol. The fraction of sp³-hybridized carbons (Fsp3) is 0.500. The molecule has 1 aliphatic rings. The van der Waals surface area contributed by atoms with E-state index in [1.54, 1.807) is 11.8 Å². The summed E-state index contributed by atoms with van der Waals surface area (Å²) in [6, 6.07) is 9.57. The molecule has 1 aromatic rings. The molecule has 0 bridgehead atoms. The minimum Gasteiger partial charge on any atom is -0.445 e. The third kappa shape index (κ3) is 4.22. The first-order chi connectivity index (χ1) is 9.15. The summed E-state index contributed by atoms with van der Waals surface area (Å²) in [5, 5.41) is 9.08. The van der Waals surface area contributed by atoms with Gasteiger partial charge in [-0.1, -0.05) is 30.3 Å². The molecule has 5 nitrogen and oxygen atoms in total. The molecule has 0 aliphatic carbocycles. The molecule has 1 fully saturated rings. The van der Waals surface area contributed by atoms with E-state index in [4.69, 9.17) is 14.6 Å². The van der Waals surface area contributed by atoms with Gasteiger partial charge >= 0.3 is 6.09 Å². The van der Waals surface area contributed by atoms with Gasteiger partial charge in [0.15, 0.2) is 0 Å². The summed E-state index contributed by atoms with van der Waals surface area (Å²) in [4.78, 5) is 13.3. The Bertz CT molecular complexity index is 401. The molecular formula is C14H19NO4. The average molecular weight is 265 g/mol. The van der Waals surface area contributed by atoms with Gasteiger partial charge in [-0.3, -0.25) is 0 Å². The second kappa shape index (κ2) is 6.54. The zero-order valence-corrected chi connectivity index (χ0v) is 11.0. The summed E-state index contributed by atoms with van der Waals surface area (Å²) in [7, 11) is 0. The van der Waals surface area contributed by atoms with Gasteiger partial charge in [0.05, 0.1) is 31.9 Å². The fourth-order valence-electron chi connectivity index (χ4n) is 1.78. The van der Waals surface area contributed by atoms with E-state index in [1.165, 1.54) is 0 Å². The molecule has 0 aromatic heterocycles. The van der Waals surface area contributed by atoms with Gasteiger partial charge in [-0.15, -0.1) is 0 Å². The summed E-state index contributed by atoms with van der Waals surface area (Å²) in [6.07, 6.45) is -0.779. The van der Waals surface area contributed by atoms with Crippen LogP contribution >= 0.6 is 0 Å². The van der Waals surface area contributed by atoms with Gasteiger partial charge in [-0.2, -0.15) is 0 Å². The highest BCUT2D eigenvalue weighted by atomic mass is 16.6. The smallest absolute Gasteiger partial charge is 0.410 e. The number of rotatable bonds is 5. The van der Waals surface area contributed by atoms with Crippen LogP contribution in [0.25, 0.3) is 0 Å². The Morgan fingerprint density at radius 3 is 2.74 bits per heavy atom. The second-order valence-electron chi connectivity index (χ2n) is 4.75. The summed E-state index contributed by atoms with van der Waals surface area (Å²) < 4.78 is 10.6. The van der Waals surface area contributed by atoms with Crippen molar-refractivity contribution in [2.75, 3.05) is 19.7 Å². The molecule has 1 heterocycles. The molecule has 5 heteroatoms. The molecular weight excluding hydrogens is 246 g/mol. The Balaban J connectivity index is 1.64. The van der Waals surface area contributed by atoms with Crippen LogP contribution in [-0.4, -0.2) is 48.0 Å². The molecule has 104 valence electrons. The van der Waals surface area contributed by atoms with Crippen molar-refractivity contribution in [1.82, 2.24) is 4.90 Å². The number of hydrogen-bond acceptors (Lipinski definition) is 4. The number of benzene rings is 1. The lowest BCUT2D eigenvalue weighted by Gasteiger charge is -2.38. The van der Waals surface area contributed by atoms with Crippen molar-refractivity contribution in [3.05, 3.63) is 35.9 Å². The van der Waals surface area contributed by atoms with Crippen LogP contribution in [0.3, 0.4) is 0 Å². The van der Waals surface area contributed by atoms with E-state index in [-0.39, 0.29) is 18.8 Å². The lowest BCUT2D eigenvalue weighted by Crippen LogP contribution is -2.55. The van der Waals surface area contributed by atoms with Crippen molar-refractivity contribution < 1.29 is 19.4 Å². The Hall–Kier alpha value is -1.59. The minimum absolute atomic E-state index is 0.0128. The Morgan fingerprint density at radius 2 is 2.11 bits per heavy atom. The second-order valence-corrected chi connectivity index (χ2v) is 4.75. The van der Waals surface area contributed by atoms with Crippen LogP contribution in [0, 0.1) is 0 Å². The van der Waals surface area contributed by atoms with Crippen LogP contribution in [0.4, 0.5) is 4.79 Å². The van der Waals surface area contributed by atoms with Gasteiger partial charge in [0, 0.05) is 0 Å². The van der Waals surface area contributed by atoms with Crippen molar-refractivity contribution in [2.45, 2.75) is 25.7 Å². The van der Waals surface area contributed by atoms with Gasteiger partial charge < -0.3 is 19.5 Å². The number of carbonyl (C=O) groups is 1. The summed E-state index contributed by atoms with van der Waals surface area (Å²) in [5.74, 6) is 0. The highest BCUT2D eigenvalue weighted by molar-refractivity contribution is 5.68. The molecule has 1 aromatic carbocycles. The maximum Gasteiger partial charge on any atom is 0.410 e. The van der Waals surface area contributed by atoms with Gasteiger partial charge in [-0.25, -0.2) is 4.79 Å². The van der Waals surface area contributed by atoms with Gasteiger partial charge in [0.1, 0.15) is 6.61 Å². The first-order valence-corrected chi connectivity index (χ1v) is 6.40. The molecule has 1 aliphatic heterocycles. The van der Waals surface area contributed by atoms with E-state index in [2.05, 4.69) is 0 Å². The Kier molecular flexibility index (Phi) is 4.76. The summed E-state index contributed by atoms with van der Waals surface area (Å²) in [5.41, 5.74) is 0.971. The van der Waals surface area contributed by atoms with E-state index >= 15 is 0 Å². The number of aliphatic hydroxyl groups excluding tert-OH is 1. The topological polar surface area (TPSA) is 59.0 Å². The normalized spacial score (nSPS) is 16.8. The number of hydrogen-bond donors (Lipinski definition) is 1. The molecule has 1 saturated heterocycles. The number of amides is 1. The minimum atomic E-state index is -0.473. The van der Waals surface area contributed by atoms with Crippen LogP contribution in [0.15, 0.2) is 30.3 Å². The molecule has 1 N–H and O–H groups in total. The van der Waals surface area contributed by atoms with E-state index < -0.39 is 6.10 Å².